The van der Waals surface area contributed by atoms with Gasteiger partial charge in [-0.2, -0.15) is 0 Å². The molecule has 3 fully saturated rings. The topological polar surface area (TPSA) is 95.9 Å². The van der Waals surface area contributed by atoms with Crippen LogP contribution in [0.3, 0.4) is 0 Å². The number of ether oxygens (including phenoxy) is 1. The maximum atomic E-state index is 11.3. The van der Waals surface area contributed by atoms with E-state index in [0.29, 0.717) is 0 Å². The molecule has 76 valence electrons. The van der Waals surface area contributed by atoms with E-state index in [1.807, 2.05) is 0 Å². The van der Waals surface area contributed by atoms with Crippen molar-refractivity contribution in [2.75, 3.05) is 0 Å². The first-order chi connectivity index (χ1) is 6.61. The van der Waals surface area contributed by atoms with E-state index in [-0.39, 0.29) is 0 Å². The summed E-state index contributed by atoms with van der Waals surface area (Å²) in [5.41, 5.74) is 0. The Morgan fingerprint density at radius 1 is 1.00 bits per heavy atom. The van der Waals surface area contributed by atoms with Gasteiger partial charge in [0.1, 0.15) is 12.2 Å². The predicted octanol–water partition coefficient (Wildman–Crippen LogP) is -2.62. The summed E-state index contributed by atoms with van der Waals surface area (Å²) in [6.45, 7) is 0. The Morgan fingerprint density at radius 2 is 1.43 bits per heavy atom. The molecule has 6 atom stereocenters. The third-order valence-corrected chi connectivity index (χ3v) is 3.28. The number of imide groups is 1. The summed E-state index contributed by atoms with van der Waals surface area (Å²) in [7, 11) is 0. The predicted molar refractivity (Wildman–Crippen MR) is 40.8 cm³/mol. The van der Waals surface area contributed by atoms with Crippen LogP contribution in [0.1, 0.15) is 0 Å². The van der Waals surface area contributed by atoms with Crippen LogP contribution in [0.15, 0.2) is 0 Å². The second kappa shape index (κ2) is 2.33. The number of carbonyl (C=O) groups excluding carboxylic acids is 2. The lowest BCUT2D eigenvalue weighted by molar-refractivity contribution is -0.129. The lowest BCUT2D eigenvalue weighted by Gasteiger charge is -2.25. The Kier molecular flexibility index (Phi) is 1.39. The van der Waals surface area contributed by atoms with Gasteiger partial charge >= 0.3 is 0 Å². The zero-order valence-electron chi connectivity index (χ0n) is 7.08. The number of amides is 2. The van der Waals surface area contributed by atoms with Gasteiger partial charge in [0, 0.05) is 0 Å². The third-order valence-electron chi connectivity index (χ3n) is 3.28. The van der Waals surface area contributed by atoms with Gasteiger partial charge < -0.3 is 14.9 Å². The molecule has 0 spiro atoms. The highest BCUT2D eigenvalue weighted by Gasteiger charge is 2.66. The summed E-state index contributed by atoms with van der Waals surface area (Å²) in [5.74, 6) is -2.05. The van der Waals surface area contributed by atoms with Gasteiger partial charge in [0.2, 0.25) is 11.8 Å². The molecule has 3 heterocycles. The average molecular weight is 199 g/mol. The maximum absolute atomic E-state index is 11.3. The summed E-state index contributed by atoms with van der Waals surface area (Å²) >= 11 is 0. The van der Waals surface area contributed by atoms with Crippen LogP contribution in [0.5, 0.6) is 0 Å². The minimum Gasteiger partial charge on any atom is -0.388 e. The van der Waals surface area contributed by atoms with Gasteiger partial charge in [-0.15, -0.1) is 0 Å². The van der Waals surface area contributed by atoms with Gasteiger partial charge in [-0.1, -0.05) is 0 Å². The number of carbonyl (C=O) groups is 2. The van der Waals surface area contributed by atoms with Gasteiger partial charge in [-0.3, -0.25) is 14.9 Å². The molecule has 6 nitrogen and oxygen atoms in total. The van der Waals surface area contributed by atoms with Gasteiger partial charge in [-0.05, 0) is 0 Å². The number of hydrogen-bond donors (Lipinski definition) is 3. The normalized spacial score (nSPS) is 55.0. The standard InChI is InChI=1S/C8H9NO5/c10-3-4(11)6-2-1(5(3)14-6)7(12)9-8(2)13/h1-6,10-11H,(H,9,12,13)/t1?,2?,3-,4?,5-,6?/m0/s1. The molecule has 3 saturated heterocycles. The van der Waals surface area contributed by atoms with Gasteiger partial charge in [-0.25, -0.2) is 0 Å². The molecule has 0 saturated carbocycles. The van der Waals surface area contributed by atoms with E-state index in [4.69, 9.17) is 4.74 Å². The lowest BCUT2D eigenvalue weighted by Crippen LogP contribution is -2.47. The number of aliphatic hydroxyl groups is 2. The molecule has 14 heavy (non-hydrogen) atoms. The number of rotatable bonds is 0. The van der Waals surface area contributed by atoms with E-state index in [9.17, 15) is 19.8 Å². The minimum atomic E-state index is -1.06. The van der Waals surface area contributed by atoms with Gasteiger partial charge in [0.05, 0.1) is 24.0 Å². The van der Waals surface area contributed by atoms with Crippen LogP contribution in [-0.4, -0.2) is 46.4 Å². The van der Waals surface area contributed by atoms with Crippen molar-refractivity contribution in [2.45, 2.75) is 24.4 Å². The van der Waals surface area contributed by atoms with Crippen molar-refractivity contribution in [2.24, 2.45) is 11.8 Å². The number of hydrogen-bond acceptors (Lipinski definition) is 5. The monoisotopic (exact) mass is 199 g/mol. The van der Waals surface area contributed by atoms with Crippen LogP contribution < -0.4 is 5.32 Å². The van der Waals surface area contributed by atoms with Crippen LogP contribution in [0.4, 0.5) is 0 Å². The van der Waals surface area contributed by atoms with Crippen molar-refractivity contribution in [1.29, 1.82) is 0 Å². The highest BCUT2D eigenvalue weighted by Crippen LogP contribution is 2.46. The van der Waals surface area contributed by atoms with E-state index >= 15 is 0 Å². The molecule has 3 N–H and O–H groups in total. The summed E-state index contributed by atoms with van der Waals surface area (Å²) in [6, 6.07) is 0. The van der Waals surface area contributed by atoms with Crippen molar-refractivity contribution < 1.29 is 24.5 Å². The summed E-state index contributed by atoms with van der Waals surface area (Å²) in [4.78, 5) is 22.6. The second-order valence-corrected chi connectivity index (χ2v) is 3.95. The lowest BCUT2D eigenvalue weighted by atomic mass is 9.78. The summed E-state index contributed by atoms with van der Waals surface area (Å²) in [6.07, 6.45) is -3.58. The highest BCUT2D eigenvalue weighted by atomic mass is 16.6. The molecule has 4 unspecified atom stereocenters. The highest BCUT2D eigenvalue weighted by molar-refractivity contribution is 6.06. The molecule has 0 aromatic heterocycles. The number of fused-ring (bicyclic) bond motifs is 5. The van der Waals surface area contributed by atoms with E-state index in [0.717, 1.165) is 0 Å². The smallest absolute Gasteiger partial charge is 0.233 e. The van der Waals surface area contributed by atoms with E-state index in [1.165, 1.54) is 0 Å². The Bertz CT molecular complexity index is 300. The average Bonchev–Trinajstić information content (AvgIpc) is 2.71. The summed E-state index contributed by atoms with van der Waals surface area (Å²) < 4.78 is 5.22. The van der Waals surface area contributed by atoms with Crippen molar-refractivity contribution in [1.82, 2.24) is 5.32 Å². The molecule has 0 radical (unpaired) electrons. The fraction of sp³-hybridized carbons (Fsp3) is 0.750. The van der Waals surface area contributed by atoms with Crippen molar-refractivity contribution >= 4 is 11.8 Å². The first-order valence-corrected chi connectivity index (χ1v) is 4.47. The molecule has 3 aliphatic heterocycles. The number of aliphatic hydroxyl groups excluding tert-OH is 2. The minimum absolute atomic E-state index is 0.404. The second-order valence-electron chi connectivity index (χ2n) is 3.95. The van der Waals surface area contributed by atoms with Crippen LogP contribution in [0.2, 0.25) is 0 Å². The first kappa shape index (κ1) is 8.34. The van der Waals surface area contributed by atoms with Crippen LogP contribution in [-0.2, 0) is 14.3 Å². The van der Waals surface area contributed by atoms with Crippen LogP contribution in [0.25, 0.3) is 0 Å². The number of nitrogens with one attached hydrogen (secondary N) is 1. The Balaban J connectivity index is 2.01. The van der Waals surface area contributed by atoms with Gasteiger partial charge in [0.15, 0.2) is 0 Å². The zero-order valence-corrected chi connectivity index (χ0v) is 7.08. The molecule has 6 heteroatoms. The quantitative estimate of drug-likeness (QED) is 0.371. The Labute approximate surface area is 78.9 Å². The van der Waals surface area contributed by atoms with Crippen molar-refractivity contribution in [3.63, 3.8) is 0 Å². The molecule has 2 bridgehead atoms. The molecule has 0 aromatic rings. The Morgan fingerprint density at radius 3 is 1.86 bits per heavy atom. The molecule has 2 amide bonds. The fourth-order valence-corrected chi connectivity index (χ4v) is 2.65. The summed E-state index contributed by atoms with van der Waals surface area (Å²) in [5, 5.41) is 21.1. The zero-order chi connectivity index (χ0) is 10.0. The van der Waals surface area contributed by atoms with Crippen molar-refractivity contribution in [3.05, 3.63) is 0 Å². The van der Waals surface area contributed by atoms with Crippen molar-refractivity contribution in [3.8, 4) is 0 Å². The van der Waals surface area contributed by atoms with Gasteiger partial charge in [0.25, 0.3) is 0 Å². The maximum Gasteiger partial charge on any atom is 0.233 e. The van der Waals surface area contributed by atoms with Crippen LogP contribution >= 0.6 is 0 Å². The van der Waals surface area contributed by atoms with E-state index < -0.39 is 48.1 Å². The molecule has 3 aliphatic rings. The van der Waals surface area contributed by atoms with E-state index in [2.05, 4.69) is 5.32 Å². The third kappa shape index (κ3) is 0.727. The molecular formula is C8H9NO5. The molecule has 3 rings (SSSR count). The molecule has 0 aliphatic carbocycles. The van der Waals surface area contributed by atoms with Crippen LogP contribution in [0, 0.1) is 11.8 Å². The Hall–Kier alpha value is -0.980. The molecule has 0 aromatic carbocycles. The first-order valence-electron chi connectivity index (χ1n) is 4.47. The SMILES string of the molecule is O=C1NC(=O)C2C1C1O[C@@H]2[C@@H](O)C1O. The van der Waals surface area contributed by atoms with E-state index in [1.54, 1.807) is 0 Å². The molecular weight excluding hydrogens is 190 g/mol. The largest absolute Gasteiger partial charge is 0.388 e. The fourth-order valence-electron chi connectivity index (χ4n) is 2.65.